The normalized spacial score (nSPS) is 15.1. The fourth-order valence-electron chi connectivity index (χ4n) is 2.98. The molecule has 0 spiro atoms. The Bertz CT molecular complexity index is 1010. The van der Waals surface area contributed by atoms with Gasteiger partial charge in [0.2, 0.25) is 11.8 Å². The summed E-state index contributed by atoms with van der Waals surface area (Å²) in [7, 11) is 0. The van der Waals surface area contributed by atoms with Crippen molar-refractivity contribution in [2.75, 3.05) is 41.8 Å². The van der Waals surface area contributed by atoms with Crippen molar-refractivity contribution in [2.45, 2.75) is 19.9 Å². The zero-order valence-corrected chi connectivity index (χ0v) is 16.5. The monoisotopic (exact) mass is 417 g/mol. The molecule has 12 heteroatoms. The van der Waals surface area contributed by atoms with Crippen LogP contribution in [0.5, 0.6) is 0 Å². The molecule has 0 aliphatic carbocycles. The Morgan fingerprint density at radius 2 is 1.90 bits per heavy atom. The highest BCUT2D eigenvalue weighted by molar-refractivity contribution is 5.59. The molecule has 1 atom stereocenters. The minimum absolute atomic E-state index is 0.0262. The van der Waals surface area contributed by atoms with E-state index in [4.69, 9.17) is 4.74 Å². The number of nitrogens with zero attached hydrogens (tertiary/aromatic N) is 6. The summed E-state index contributed by atoms with van der Waals surface area (Å²) in [6, 6.07) is 1.26. The summed E-state index contributed by atoms with van der Waals surface area (Å²) in [6.07, 6.45) is 2.12. The Labute approximate surface area is 171 Å². The van der Waals surface area contributed by atoms with Gasteiger partial charge in [-0.05, 0) is 13.8 Å². The minimum atomic E-state index is -0.602. The van der Waals surface area contributed by atoms with Crippen molar-refractivity contribution in [1.82, 2.24) is 30.1 Å². The van der Waals surface area contributed by atoms with E-state index < -0.39 is 17.7 Å². The van der Waals surface area contributed by atoms with Crippen LogP contribution in [0.15, 0.2) is 18.5 Å². The number of halogens is 2. The number of aryl methyl sites for hydroxylation is 1. The standard InChI is InChI=1S/C18H21F2N9O/c1-10-7-13(28-27-10)24-18-25-16(23-11(2)15-21-8-12(19)9-22-15)14(20)17(26-18)29-3-5-30-6-4-29/h7-9,11H,3-6H2,1-2H3,(H3,23,24,25,26,27,28)/t11-/m0/s1. The molecule has 0 amide bonds. The van der Waals surface area contributed by atoms with Gasteiger partial charge in [0.25, 0.3) is 0 Å². The molecule has 30 heavy (non-hydrogen) atoms. The molecule has 4 heterocycles. The van der Waals surface area contributed by atoms with Crippen molar-refractivity contribution in [3.63, 3.8) is 0 Å². The molecule has 3 aromatic rings. The van der Waals surface area contributed by atoms with Crippen LogP contribution in [0.4, 0.5) is 32.2 Å². The third-order valence-corrected chi connectivity index (χ3v) is 4.47. The van der Waals surface area contributed by atoms with Crippen LogP contribution in [-0.2, 0) is 4.74 Å². The lowest BCUT2D eigenvalue weighted by Crippen LogP contribution is -2.37. The van der Waals surface area contributed by atoms with Crippen LogP contribution in [0.1, 0.15) is 24.5 Å². The van der Waals surface area contributed by atoms with Crippen LogP contribution in [0, 0.1) is 18.6 Å². The van der Waals surface area contributed by atoms with E-state index >= 15 is 4.39 Å². The number of aromatic amines is 1. The van der Waals surface area contributed by atoms with Crippen molar-refractivity contribution >= 4 is 23.4 Å². The van der Waals surface area contributed by atoms with Crippen molar-refractivity contribution in [2.24, 2.45) is 0 Å². The number of hydrogen-bond acceptors (Lipinski definition) is 9. The molecule has 10 nitrogen and oxygen atoms in total. The van der Waals surface area contributed by atoms with Gasteiger partial charge in [-0.25, -0.2) is 14.4 Å². The first-order chi connectivity index (χ1) is 14.5. The molecule has 4 rings (SSSR count). The fraction of sp³-hybridized carbons (Fsp3) is 0.389. The summed E-state index contributed by atoms with van der Waals surface area (Å²) in [5.41, 5.74) is 0.855. The van der Waals surface area contributed by atoms with Crippen LogP contribution in [-0.4, -0.2) is 56.4 Å². The highest BCUT2D eigenvalue weighted by Gasteiger charge is 2.23. The second-order valence-electron chi connectivity index (χ2n) is 6.82. The molecule has 1 aliphatic rings. The van der Waals surface area contributed by atoms with Gasteiger partial charge in [-0.1, -0.05) is 0 Å². The van der Waals surface area contributed by atoms with Crippen LogP contribution >= 0.6 is 0 Å². The van der Waals surface area contributed by atoms with Crippen molar-refractivity contribution in [3.05, 3.63) is 41.6 Å². The summed E-state index contributed by atoms with van der Waals surface area (Å²) in [5, 5.41) is 12.9. The molecule has 1 fully saturated rings. The molecular formula is C18H21F2N9O. The predicted molar refractivity (Wildman–Crippen MR) is 106 cm³/mol. The Hall–Kier alpha value is -3.41. The molecule has 158 valence electrons. The van der Waals surface area contributed by atoms with Crippen molar-refractivity contribution in [3.8, 4) is 0 Å². The van der Waals surface area contributed by atoms with Crippen molar-refractivity contribution < 1.29 is 13.5 Å². The number of rotatable bonds is 6. The molecule has 3 aromatic heterocycles. The number of aromatic nitrogens is 6. The quantitative estimate of drug-likeness (QED) is 0.555. The Balaban J connectivity index is 1.66. The highest BCUT2D eigenvalue weighted by Crippen LogP contribution is 2.28. The van der Waals surface area contributed by atoms with E-state index in [1.165, 1.54) is 0 Å². The Kier molecular flexibility index (Phi) is 5.65. The molecule has 0 bridgehead atoms. The highest BCUT2D eigenvalue weighted by atomic mass is 19.1. The lowest BCUT2D eigenvalue weighted by atomic mass is 10.3. The van der Waals surface area contributed by atoms with Gasteiger partial charge in [0.1, 0.15) is 5.82 Å². The third-order valence-electron chi connectivity index (χ3n) is 4.47. The maximum absolute atomic E-state index is 15.3. The van der Waals surface area contributed by atoms with E-state index in [2.05, 4.69) is 40.8 Å². The number of H-pyrrole nitrogens is 1. The lowest BCUT2D eigenvalue weighted by molar-refractivity contribution is 0.122. The first-order valence-corrected chi connectivity index (χ1v) is 9.43. The molecule has 1 aliphatic heterocycles. The summed E-state index contributed by atoms with van der Waals surface area (Å²) in [6.45, 7) is 5.56. The van der Waals surface area contributed by atoms with E-state index in [-0.39, 0.29) is 17.6 Å². The van der Waals surface area contributed by atoms with Gasteiger partial charge in [0.15, 0.2) is 23.3 Å². The van der Waals surface area contributed by atoms with Gasteiger partial charge in [0.05, 0.1) is 31.6 Å². The van der Waals surface area contributed by atoms with E-state index in [1.54, 1.807) is 17.9 Å². The Morgan fingerprint density at radius 1 is 1.17 bits per heavy atom. The molecule has 0 saturated carbocycles. The lowest BCUT2D eigenvalue weighted by Gasteiger charge is -2.29. The topological polar surface area (TPSA) is 117 Å². The van der Waals surface area contributed by atoms with E-state index in [1.807, 2.05) is 6.92 Å². The van der Waals surface area contributed by atoms with Gasteiger partial charge in [0, 0.05) is 24.8 Å². The molecular weight excluding hydrogens is 396 g/mol. The van der Waals surface area contributed by atoms with Gasteiger partial charge in [-0.2, -0.15) is 19.5 Å². The fourth-order valence-corrected chi connectivity index (χ4v) is 2.98. The summed E-state index contributed by atoms with van der Waals surface area (Å²) < 4.78 is 33.8. The smallest absolute Gasteiger partial charge is 0.232 e. The van der Waals surface area contributed by atoms with Crippen LogP contribution in [0.25, 0.3) is 0 Å². The zero-order valence-electron chi connectivity index (χ0n) is 16.5. The van der Waals surface area contributed by atoms with E-state index in [0.717, 1.165) is 18.1 Å². The van der Waals surface area contributed by atoms with Gasteiger partial charge in [-0.15, -0.1) is 0 Å². The maximum atomic E-state index is 15.3. The van der Waals surface area contributed by atoms with Crippen LogP contribution in [0.3, 0.4) is 0 Å². The minimum Gasteiger partial charge on any atom is -0.378 e. The summed E-state index contributed by atoms with van der Waals surface area (Å²) in [4.78, 5) is 18.3. The third kappa shape index (κ3) is 4.43. The second-order valence-corrected chi connectivity index (χ2v) is 6.82. The van der Waals surface area contributed by atoms with Gasteiger partial charge >= 0.3 is 0 Å². The summed E-state index contributed by atoms with van der Waals surface area (Å²) in [5.74, 6) is -0.0320. The second kappa shape index (κ2) is 8.53. The first kappa shape index (κ1) is 19.9. The number of hydrogen-bond donors (Lipinski definition) is 3. The number of nitrogens with one attached hydrogen (secondary N) is 3. The first-order valence-electron chi connectivity index (χ1n) is 9.43. The predicted octanol–water partition coefficient (Wildman–Crippen LogP) is 2.33. The molecule has 0 radical (unpaired) electrons. The molecule has 1 saturated heterocycles. The van der Waals surface area contributed by atoms with E-state index in [9.17, 15) is 4.39 Å². The van der Waals surface area contributed by atoms with Gasteiger partial charge in [-0.3, -0.25) is 5.10 Å². The zero-order chi connectivity index (χ0) is 21.1. The SMILES string of the molecule is Cc1cc(Nc2nc(N[C@@H](C)c3ncc(F)cn3)c(F)c(N3CCOCC3)n2)n[nH]1. The summed E-state index contributed by atoms with van der Waals surface area (Å²) >= 11 is 0. The number of morpholine rings is 1. The molecule has 0 aromatic carbocycles. The van der Waals surface area contributed by atoms with Gasteiger partial charge < -0.3 is 20.3 Å². The van der Waals surface area contributed by atoms with Crippen LogP contribution in [0.2, 0.25) is 0 Å². The average Bonchev–Trinajstić information content (AvgIpc) is 3.16. The Morgan fingerprint density at radius 3 is 2.57 bits per heavy atom. The number of ether oxygens (including phenoxy) is 1. The largest absolute Gasteiger partial charge is 0.378 e. The maximum Gasteiger partial charge on any atom is 0.232 e. The van der Waals surface area contributed by atoms with Crippen molar-refractivity contribution in [1.29, 1.82) is 0 Å². The van der Waals surface area contributed by atoms with Crippen LogP contribution < -0.4 is 15.5 Å². The van der Waals surface area contributed by atoms with E-state index in [0.29, 0.717) is 37.9 Å². The molecule has 3 N–H and O–H groups in total. The molecule has 0 unspecified atom stereocenters. The number of anilines is 4. The average molecular weight is 417 g/mol.